The van der Waals surface area contributed by atoms with Gasteiger partial charge in [0.1, 0.15) is 0 Å². The van der Waals surface area contributed by atoms with Crippen molar-refractivity contribution < 1.29 is 4.74 Å². The normalized spacial score (nSPS) is 26.9. The van der Waals surface area contributed by atoms with Gasteiger partial charge in [-0.25, -0.2) is 0 Å². The van der Waals surface area contributed by atoms with Gasteiger partial charge in [0.25, 0.3) is 0 Å². The molecule has 2 unspecified atom stereocenters. The van der Waals surface area contributed by atoms with E-state index in [2.05, 4.69) is 24.5 Å². The molecule has 1 saturated carbocycles. The molecule has 2 aliphatic rings. The summed E-state index contributed by atoms with van der Waals surface area (Å²) in [6.07, 6.45) is 9.91. The highest BCUT2D eigenvalue weighted by atomic mass is 32.1. The molecule has 0 aromatic carbocycles. The maximum atomic E-state index is 6.23. The molecule has 1 saturated heterocycles. The highest BCUT2D eigenvalue weighted by molar-refractivity contribution is 7.12. The van der Waals surface area contributed by atoms with Crippen molar-refractivity contribution in [3.8, 4) is 0 Å². The van der Waals surface area contributed by atoms with Crippen LogP contribution in [0.2, 0.25) is 0 Å². The minimum absolute atomic E-state index is 0.154. The van der Waals surface area contributed by atoms with Crippen molar-refractivity contribution in [1.82, 2.24) is 5.43 Å². The van der Waals surface area contributed by atoms with Crippen LogP contribution in [0, 0.1) is 5.92 Å². The van der Waals surface area contributed by atoms with Gasteiger partial charge in [-0.3, -0.25) is 11.3 Å². The summed E-state index contributed by atoms with van der Waals surface area (Å²) in [7, 11) is 0. The van der Waals surface area contributed by atoms with Gasteiger partial charge in [0, 0.05) is 16.4 Å². The van der Waals surface area contributed by atoms with Crippen LogP contribution in [0.25, 0.3) is 0 Å². The summed E-state index contributed by atoms with van der Waals surface area (Å²) in [4.78, 5) is 2.84. The van der Waals surface area contributed by atoms with E-state index in [1.807, 2.05) is 11.3 Å². The van der Waals surface area contributed by atoms with E-state index in [0.29, 0.717) is 5.92 Å². The maximum Gasteiger partial charge on any atom is 0.0686 e. The molecule has 1 aliphatic heterocycles. The highest BCUT2D eigenvalue weighted by Crippen LogP contribution is 2.44. The fourth-order valence-corrected chi connectivity index (χ4v) is 5.20. The first-order valence-corrected chi connectivity index (χ1v) is 9.27. The van der Waals surface area contributed by atoms with E-state index in [1.165, 1.54) is 48.3 Å². The first kappa shape index (κ1) is 15.5. The fourth-order valence-electron chi connectivity index (χ4n) is 4.10. The van der Waals surface area contributed by atoms with E-state index in [1.54, 1.807) is 0 Å². The molecular weight excluding hydrogens is 280 g/mol. The van der Waals surface area contributed by atoms with Gasteiger partial charge in [-0.15, -0.1) is 11.3 Å². The highest BCUT2D eigenvalue weighted by Gasteiger charge is 2.41. The molecule has 0 radical (unpaired) electrons. The zero-order chi connectivity index (χ0) is 14.7. The Morgan fingerprint density at radius 1 is 1.38 bits per heavy atom. The molecule has 3 N–H and O–H groups in total. The number of hydrogen-bond acceptors (Lipinski definition) is 4. The Bertz CT molecular complexity index is 448. The van der Waals surface area contributed by atoms with Gasteiger partial charge < -0.3 is 4.74 Å². The SMILES string of the molecule is CCc1ccc(C(NN)C2CCOC3(CCCCC3)C2)s1. The lowest BCUT2D eigenvalue weighted by atomic mass is 9.74. The average molecular weight is 308 g/mol. The number of rotatable bonds is 4. The van der Waals surface area contributed by atoms with Gasteiger partial charge in [0.05, 0.1) is 11.6 Å². The first-order chi connectivity index (χ1) is 10.3. The standard InChI is InChI=1S/C17H28N2OS/c1-2-14-6-7-15(21-14)16(19-18)13-8-11-20-17(12-13)9-4-3-5-10-17/h6-7,13,16,19H,2-5,8-12,18H2,1H3. The smallest absolute Gasteiger partial charge is 0.0686 e. The summed E-state index contributed by atoms with van der Waals surface area (Å²) in [5.74, 6) is 6.52. The largest absolute Gasteiger partial charge is 0.375 e. The Morgan fingerprint density at radius 2 is 2.19 bits per heavy atom. The predicted octanol–water partition coefficient (Wildman–Crippen LogP) is 3.94. The summed E-state index contributed by atoms with van der Waals surface area (Å²) >= 11 is 1.91. The van der Waals surface area contributed by atoms with Gasteiger partial charge in [0.2, 0.25) is 0 Å². The quantitative estimate of drug-likeness (QED) is 0.654. The average Bonchev–Trinajstić information content (AvgIpc) is 2.98. The second-order valence-electron chi connectivity index (χ2n) is 6.65. The first-order valence-electron chi connectivity index (χ1n) is 8.45. The third-order valence-electron chi connectivity index (χ3n) is 5.28. The molecule has 2 fully saturated rings. The zero-order valence-electron chi connectivity index (χ0n) is 13.1. The van der Waals surface area contributed by atoms with Crippen molar-refractivity contribution in [3.05, 3.63) is 21.9 Å². The molecule has 118 valence electrons. The van der Waals surface area contributed by atoms with E-state index in [4.69, 9.17) is 10.6 Å². The van der Waals surface area contributed by atoms with Crippen LogP contribution in [-0.2, 0) is 11.2 Å². The van der Waals surface area contributed by atoms with E-state index < -0.39 is 0 Å². The van der Waals surface area contributed by atoms with Crippen LogP contribution in [0.4, 0.5) is 0 Å². The Kier molecular flexibility index (Phi) is 4.99. The van der Waals surface area contributed by atoms with E-state index in [-0.39, 0.29) is 11.6 Å². The van der Waals surface area contributed by atoms with Gasteiger partial charge >= 0.3 is 0 Å². The van der Waals surface area contributed by atoms with E-state index in [9.17, 15) is 0 Å². The molecule has 0 amide bonds. The molecule has 1 aromatic rings. The van der Waals surface area contributed by atoms with Crippen molar-refractivity contribution in [1.29, 1.82) is 0 Å². The minimum Gasteiger partial charge on any atom is -0.375 e. The Hall–Kier alpha value is -0.420. The van der Waals surface area contributed by atoms with Crippen molar-refractivity contribution in [2.24, 2.45) is 11.8 Å². The Morgan fingerprint density at radius 3 is 2.86 bits per heavy atom. The third-order valence-corrected chi connectivity index (χ3v) is 6.60. The number of nitrogens with one attached hydrogen (secondary N) is 1. The molecule has 3 rings (SSSR count). The monoisotopic (exact) mass is 308 g/mol. The number of ether oxygens (including phenoxy) is 1. The fraction of sp³-hybridized carbons (Fsp3) is 0.765. The summed E-state index contributed by atoms with van der Waals surface area (Å²) in [6, 6.07) is 4.80. The van der Waals surface area contributed by atoms with Crippen LogP contribution >= 0.6 is 11.3 Å². The predicted molar refractivity (Wildman–Crippen MR) is 88.3 cm³/mol. The molecule has 1 aromatic heterocycles. The lowest BCUT2D eigenvalue weighted by Gasteiger charge is -2.45. The molecule has 2 heterocycles. The summed E-state index contributed by atoms with van der Waals surface area (Å²) in [5, 5.41) is 0. The van der Waals surface area contributed by atoms with Crippen LogP contribution in [0.15, 0.2) is 12.1 Å². The van der Waals surface area contributed by atoms with Gasteiger partial charge in [0.15, 0.2) is 0 Å². The van der Waals surface area contributed by atoms with Crippen molar-refractivity contribution in [2.75, 3.05) is 6.61 Å². The van der Waals surface area contributed by atoms with E-state index in [0.717, 1.165) is 19.4 Å². The molecule has 21 heavy (non-hydrogen) atoms. The lowest BCUT2D eigenvalue weighted by molar-refractivity contribution is -0.122. The van der Waals surface area contributed by atoms with Crippen LogP contribution in [-0.4, -0.2) is 12.2 Å². The lowest BCUT2D eigenvalue weighted by Crippen LogP contribution is -2.45. The van der Waals surface area contributed by atoms with Crippen LogP contribution in [0.3, 0.4) is 0 Å². The van der Waals surface area contributed by atoms with Crippen molar-refractivity contribution in [2.45, 2.75) is 69.9 Å². The maximum absolute atomic E-state index is 6.23. The molecule has 4 heteroatoms. The number of hydrazine groups is 1. The van der Waals surface area contributed by atoms with Crippen LogP contribution < -0.4 is 11.3 Å². The summed E-state index contributed by atoms with van der Waals surface area (Å²) in [6.45, 7) is 3.11. The zero-order valence-corrected chi connectivity index (χ0v) is 13.9. The molecule has 1 spiro atoms. The topological polar surface area (TPSA) is 47.3 Å². The number of aryl methyl sites for hydroxylation is 1. The van der Waals surface area contributed by atoms with Crippen LogP contribution in [0.5, 0.6) is 0 Å². The molecule has 1 aliphatic carbocycles. The van der Waals surface area contributed by atoms with Gasteiger partial charge in [-0.05, 0) is 50.2 Å². The summed E-state index contributed by atoms with van der Waals surface area (Å²) in [5.41, 5.74) is 3.26. The van der Waals surface area contributed by atoms with Gasteiger partial charge in [-0.2, -0.15) is 0 Å². The Balaban J connectivity index is 1.73. The third kappa shape index (κ3) is 3.34. The Labute approximate surface area is 132 Å². The van der Waals surface area contributed by atoms with E-state index >= 15 is 0 Å². The van der Waals surface area contributed by atoms with Crippen LogP contribution in [0.1, 0.15) is 67.7 Å². The number of thiophene rings is 1. The van der Waals surface area contributed by atoms with Crippen molar-refractivity contribution >= 4 is 11.3 Å². The summed E-state index contributed by atoms with van der Waals surface area (Å²) < 4.78 is 6.23. The molecule has 0 bridgehead atoms. The van der Waals surface area contributed by atoms with Gasteiger partial charge in [-0.1, -0.05) is 26.2 Å². The second-order valence-corrected chi connectivity index (χ2v) is 7.85. The van der Waals surface area contributed by atoms with Crippen molar-refractivity contribution in [3.63, 3.8) is 0 Å². The second kappa shape index (κ2) is 6.78. The number of nitrogens with two attached hydrogens (primary N) is 1. The minimum atomic E-state index is 0.154. The molecular formula is C17H28N2OS. The molecule has 3 nitrogen and oxygen atoms in total. The molecule has 2 atom stereocenters. The number of hydrogen-bond donors (Lipinski definition) is 2.